The van der Waals surface area contributed by atoms with Crippen LogP contribution in [-0.2, 0) is 0 Å². The van der Waals surface area contributed by atoms with Gasteiger partial charge in [-0.3, -0.25) is 0 Å². The second kappa shape index (κ2) is 5.32. The van der Waals surface area contributed by atoms with Crippen molar-refractivity contribution < 1.29 is 4.74 Å². The third-order valence-corrected chi connectivity index (χ3v) is 3.07. The quantitative estimate of drug-likeness (QED) is 0.871. The van der Waals surface area contributed by atoms with E-state index in [2.05, 4.69) is 23.0 Å². The van der Waals surface area contributed by atoms with Crippen LogP contribution in [0, 0.1) is 20.8 Å². The van der Waals surface area contributed by atoms with E-state index in [1.165, 1.54) is 18.0 Å². The minimum absolute atomic E-state index is 0.224. The molecule has 4 nitrogen and oxygen atoms in total. The van der Waals surface area contributed by atoms with Gasteiger partial charge in [-0.15, -0.1) is 0 Å². The molecule has 1 heterocycles. The molecular formula is C14H15N3OS. The summed E-state index contributed by atoms with van der Waals surface area (Å²) in [5.74, 6) is 1.21. The summed E-state index contributed by atoms with van der Waals surface area (Å²) in [5.41, 5.74) is 9.37. The summed E-state index contributed by atoms with van der Waals surface area (Å²) in [5, 5.41) is 0. The zero-order chi connectivity index (χ0) is 14.0. The Hall–Kier alpha value is -2.01. The average molecular weight is 273 g/mol. The highest BCUT2D eigenvalue weighted by atomic mass is 32.1. The van der Waals surface area contributed by atoms with E-state index < -0.39 is 0 Å². The van der Waals surface area contributed by atoms with Crippen LogP contribution in [0.3, 0.4) is 0 Å². The van der Waals surface area contributed by atoms with E-state index in [-0.39, 0.29) is 4.99 Å². The van der Waals surface area contributed by atoms with Gasteiger partial charge in [-0.2, -0.15) is 0 Å². The van der Waals surface area contributed by atoms with Crippen molar-refractivity contribution in [1.82, 2.24) is 9.97 Å². The van der Waals surface area contributed by atoms with Gasteiger partial charge in [-0.05, 0) is 43.5 Å². The number of thiocarbonyl (C=S) groups is 1. The van der Waals surface area contributed by atoms with Crippen molar-refractivity contribution in [2.45, 2.75) is 20.8 Å². The average Bonchev–Trinajstić information content (AvgIpc) is 2.36. The standard InChI is InChI=1S/C14H15N3OS/c1-8-4-9(2)10(3)12(5-8)18-13-7-16-11(6-17-13)14(15)19/h4-7H,1-3H3,(H2,15,19). The fourth-order valence-corrected chi connectivity index (χ4v) is 1.82. The lowest BCUT2D eigenvalue weighted by Gasteiger charge is -2.11. The number of benzene rings is 1. The topological polar surface area (TPSA) is 61.0 Å². The van der Waals surface area contributed by atoms with Crippen molar-refractivity contribution in [1.29, 1.82) is 0 Å². The monoisotopic (exact) mass is 273 g/mol. The van der Waals surface area contributed by atoms with Crippen LogP contribution in [0.4, 0.5) is 0 Å². The predicted molar refractivity (Wildman–Crippen MR) is 78.6 cm³/mol. The Balaban J connectivity index is 2.28. The van der Waals surface area contributed by atoms with Crippen LogP contribution < -0.4 is 10.5 Å². The molecule has 0 unspecified atom stereocenters. The fraction of sp³-hybridized carbons (Fsp3) is 0.214. The molecule has 2 N–H and O–H groups in total. The van der Waals surface area contributed by atoms with Gasteiger partial charge in [0.2, 0.25) is 5.88 Å². The number of aryl methyl sites for hydroxylation is 2. The summed E-state index contributed by atoms with van der Waals surface area (Å²) in [4.78, 5) is 8.46. The molecule has 0 bridgehead atoms. The number of hydrogen-bond donors (Lipinski definition) is 1. The SMILES string of the molecule is Cc1cc(C)c(C)c(Oc2cnc(C(N)=S)cn2)c1. The van der Waals surface area contributed by atoms with Crippen molar-refractivity contribution in [3.8, 4) is 11.6 Å². The highest BCUT2D eigenvalue weighted by Gasteiger charge is 2.07. The number of ether oxygens (including phenoxy) is 1. The maximum Gasteiger partial charge on any atom is 0.237 e. The molecule has 0 aliphatic carbocycles. The Labute approximate surface area is 117 Å². The minimum atomic E-state index is 0.224. The summed E-state index contributed by atoms with van der Waals surface area (Å²) in [7, 11) is 0. The van der Waals surface area contributed by atoms with Gasteiger partial charge in [0.25, 0.3) is 0 Å². The second-order valence-electron chi connectivity index (χ2n) is 4.41. The van der Waals surface area contributed by atoms with Gasteiger partial charge in [-0.25, -0.2) is 9.97 Å². The molecule has 19 heavy (non-hydrogen) atoms. The van der Waals surface area contributed by atoms with Crippen LogP contribution in [0.15, 0.2) is 24.5 Å². The van der Waals surface area contributed by atoms with Gasteiger partial charge in [-0.1, -0.05) is 18.3 Å². The molecule has 1 aromatic heterocycles. The first-order valence-electron chi connectivity index (χ1n) is 5.85. The van der Waals surface area contributed by atoms with Crippen molar-refractivity contribution >= 4 is 17.2 Å². The van der Waals surface area contributed by atoms with Crippen LogP contribution in [0.25, 0.3) is 0 Å². The first-order valence-corrected chi connectivity index (χ1v) is 6.25. The lowest BCUT2D eigenvalue weighted by molar-refractivity contribution is 0.456. The van der Waals surface area contributed by atoms with E-state index in [1.807, 2.05) is 19.9 Å². The summed E-state index contributed by atoms with van der Waals surface area (Å²) in [6, 6.07) is 4.09. The Morgan fingerprint density at radius 2 is 1.89 bits per heavy atom. The molecular weight excluding hydrogens is 258 g/mol. The van der Waals surface area contributed by atoms with Crippen molar-refractivity contribution in [3.05, 3.63) is 46.9 Å². The molecule has 0 radical (unpaired) electrons. The normalized spacial score (nSPS) is 10.3. The van der Waals surface area contributed by atoms with Crippen molar-refractivity contribution in [2.24, 2.45) is 5.73 Å². The molecule has 0 saturated heterocycles. The lowest BCUT2D eigenvalue weighted by Crippen LogP contribution is -2.11. The summed E-state index contributed by atoms with van der Waals surface area (Å²) in [6.07, 6.45) is 3.03. The first kappa shape index (κ1) is 13.4. The van der Waals surface area contributed by atoms with E-state index >= 15 is 0 Å². The fourth-order valence-electron chi connectivity index (χ4n) is 1.72. The highest BCUT2D eigenvalue weighted by Crippen LogP contribution is 2.27. The highest BCUT2D eigenvalue weighted by molar-refractivity contribution is 7.80. The molecule has 0 fully saturated rings. The molecule has 1 aromatic carbocycles. The van der Waals surface area contributed by atoms with Crippen LogP contribution in [0.5, 0.6) is 11.6 Å². The molecule has 0 saturated carbocycles. The van der Waals surface area contributed by atoms with Crippen LogP contribution in [0.1, 0.15) is 22.4 Å². The zero-order valence-corrected chi connectivity index (χ0v) is 11.9. The Morgan fingerprint density at radius 1 is 1.16 bits per heavy atom. The molecule has 0 atom stereocenters. The zero-order valence-electron chi connectivity index (χ0n) is 11.1. The van der Waals surface area contributed by atoms with Crippen molar-refractivity contribution in [2.75, 3.05) is 0 Å². The summed E-state index contributed by atoms with van der Waals surface area (Å²) < 4.78 is 5.75. The van der Waals surface area contributed by atoms with Gasteiger partial charge in [0.15, 0.2) is 0 Å². The van der Waals surface area contributed by atoms with Gasteiger partial charge < -0.3 is 10.5 Å². The molecule has 2 rings (SSSR count). The smallest absolute Gasteiger partial charge is 0.237 e. The van der Waals surface area contributed by atoms with Crippen LogP contribution >= 0.6 is 12.2 Å². The predicted octanol–water partition coefficient (Wildman–Crippen LogP) is 2.83. The van der Waals surface area contributed by atoms with Gasteiger partial charge >= 0.3 is 0 Å². The Bertz CT molecular complexity index is 623. The number of aromatic nitrogens is 2. The van der Waals surface area contributed by atoms with Crippen LogP contribution in [-0.4, -0.2) is 15.0 Å². The maximum atomic E-state index is 5.75. The summed E-state index contributed by atoms with van der Waals surface area (Å²) >= 11 is 4.82. The van der Waals surface area contributed by atoms with Gasteiger partial charge in [0.05, 0.1) is 12.4 Å². The second-order valence-corrected chi connectivity index (χ2v) is 4.85. The van der Waals surface area contributed by atoms with Crippen molar-refractivity contribution in [3.63, 3.8) is 0 Å². The number of rotatable bonds is 3. The maximum absolute atomic E-state index is 5.75. The summed E-state index contributed by atoms with van der Waals surface area (Å²) in [6.45, 7) is 6.10. The van der Waals surface area contributed by atoms with Crippen LogP contribution in [0.2, 0.25) is 0 Å². The van der Waals surface area contributed by atoms with E-state index in [0.717, 1.165) is 16.9 Å². The van der Waals surface area contributed by atoms with Gasteiger partial charge in [0.1, 0.15) is 16.4 Å². The Morgan fingerprint density at radius 3 is 2.47 bits per heavy atom. The molecule has 0 spiro atoms. The molecule has 0 amide bonds. The third kappa shape index (κ3) is 3.06. The molecule has 0 aliphatic heterocycles. The largest absolute Gasteiger partial charge is 0.437 e. The molecule has 5 heteroatoms. The first-order chi connectivity index (χ1) is 8.97. The van der Waals surface area contributed by atoms with E-state index in [9.17, 15) is 0 Å². The molecule has 2 aromatic rings. The third-order valence-electron chi connectivity index (χ3n) is 2.86. The lowest BCUT2D eigenvalue weighted by atomic mass is 10.1. The van der Waals surface area contributed by atoms with E-state index in [4.69, 9.17) is 22.7 Å². The number of hydrogen-bond acceptors (Lipinski definition) is 4. The Kier molecular flexibility index (Phi) is 3.76. The van der Waals surface area contributed by atoms with Gasteiger partial charge in [0, 0.05) is 0 Å². The molecule has 0 aliphatic rings. The number of nitrogens with two attached hydrogens (primary N) is 1. The number of nitrogens with zero attached hydrogens (tertiary/aromatic N) is 2. The van der Waals surface area contributed by atoms with E-state index in [1.54, 1.807) is 0 Å². The molecule has 98 valence electrons. The van der Waals surface area contributed by atoms with E-state index in [0.29, 0.717) is 11.6 Å². The minimum Gasteiger partial charge on any atom is -0.437 e.